The van der Waals surface area contributed by atoms with Crippen LogP contribution in [0.15, 0.2) is 0 Å². The Kier molecular flexibility index (Phi) is 5.58. The van der Waals surface area contributed by atoms with Crippen LogP contribution in [-0.2, 0) is 4.74 Å². The van der Waals surface area contributed by atoms with Gasteiger partial charge in [-0.25, -0.2) is 0 Å². The molecule has 0 heterocycles. The van der Waals surface area contributed by atoms with E-state index in [1.807, 2.05) is 7.11 Å². The van der Waals surface area contributed by atoms with E-state index >= 15 is 0 Å². The largest absolute Gasteiger partial charge is 0.381 e. The molecule has 1 fully saturated rings. The van der Waals surface area contributed by atoms with Crippen LogP contribution in [0.25, 0.3) is 0 Å². The van der Waals surface area contributed by atoms with Gasteiger partial charge in [-0.3, -0.25) is 0 Å². The van der Waals surface area contributed by atoms with Crippen LogP contribution in [0.1, 0.15) is 32.6 Å². The Morgan fingerprint density at radius 1 is 1.40 bits per heavy atom. The molecule has 0 spiro atoms. The summed E-state index contributed by atoms with van der Waals surface area (Å²) >= 11 is 0. The summed E-state index contributed by atoms with van der Waals surface area (Å²) in [5.41, 5.74) is 0. The molecule has 0 radical (unpaired) electrons. The second-order valence-corrected chi connectivity index (χ2v) is 5.05. The lowest BCUT2D eigenvalue weighted by Gasteiger charge is -2.31. The van der Waals surface area contributed by atoms with Crippen molar-refractivity contribution in [2.45, 2.75) is 50.8 Å². The summed E-state index contributed by atoms with van der Waals surface area (Å²) in [4.78, 5) is 2.23. The first-order valence-electron chi connectivity index (χ1n) is 6.05. The van der Waals surface area contributed by atoms with Crippen molar-refractivity contribution < 1.29 is 4.74 Å². The van der Waals surface area contributed by atoms with E-state index in [1.165, 1.54) is 25.7 Å². The number of methoxy groups -OCH3 is 1. The normalized spacial score (nSPS) is 29.4. The number of nitrogens with zero attached hydrogens (tertiary/aromatic N) is 1. The molecule has 0 aromatic heterocycles. The number of ether oxygens (including phenoxy) is 1. The molecule has 3 nitrogen and oxygen atoms in total. The smallest absolute Gasteiger partial charge is 0.0586 e. The SMILES string of the molecule is COC1CCCC(NC(C)CN(C)C)C1. The molecule has 3 atom stereocenters. The Bertz CT molecular complexity index is 173. The van der Waals surface area contributed by atoms with Gasteiger partial charge in [-0.15, -0.1) is 0 Å². The maximum absolute atomic E-state index is 5.43. The van der Waals surface area contributed by atoms with Crippen molar-refractivity contribution in [1.29, 1.82) is 0 Å². The highest BCUT2D eigenvalue weighted by Gasteiger charge is 2.22. The lowest BCUT2D eigenvalue weighted by atomic mass is 9.92. The van der Waals surface area contributed by atoms with Crippen LogP contribution in [-0.4, -0.2) is 50.8 Å². The molecule has 3 unspecified atom stereocenters. The van der Waals surface area contributed by atoms with E-state index < -0.39 is 0 Å². The van der Waals surface area contributed by atoms with Gasteiger partial charge in [0.2, 0.25) is 0 Å². The summed E-state index contributed by atoms with van der Waals surface area (Å²) in [6, 6.07) is 1.22. The molecule has 1 rings (SSSR count). The number of nitrogens with one attached hydrogen (secondary N) is 1. The zero-order valence-electron chi connectivity index (χ0n) is 10.6. The topological polar surface area (TPSA) is 24.5 Å². The fraction of sp³-hybridized carbons (Fsp3) is 1.00. The number of hydrogen-bond acceptors (Lipinski definition) is 3. The van der Waals surface area contributed by atoms with E-state index in [4.69, 9.17) is 4.74 Å². The van der Waals surface area contributed by atoms with Crippen LogP contribution in [0, 0.1) is 0 Å². The molecule has 0 amide bonds. The molecule has 0 saturated heterocycles. The molecule has 1 aliphatic carbocycles. The van der Waals surface area contributed by atoms with Gasteiger partial charge in [-0.1, -0.05) is 0 Å². The minimum Gasteiger partial charge on any atom is -0.381 e. The molecule has 90 valence electrons. The molecule has 0 aliphatic heterocycles. The van der Waals surface area contributed by atoms with Crippen LogP contribution in [0.2, 0.25) is 0 Å². The van der Waals surface area contributed by atoms with Crippen molar-refractivity contribution in [1.82, 2.24) is 10.2 Å². The first-order chi connectivity index (χ1) is 7.11. The van der Waals surface area contributed by atoms with Crippen molar-refractivity contribution in [2.75, 3.05) is 27.7 Å². The Morgan fingerprint density at radius 2 is 2.13 bits per heavy atom. The predicted molar refractivity (Wildman–Crippen MR) is 64.2 cm³/mol. The Labute approximate surface area is 94.2 Å². The summed E-state index contributed by atoms with van der Waals surface area (Å²) in [5, 5.41) is 3.69. The predicted octanol–water partition coefficient (Wildman–Crippen LogP) is 1.48. The molecule has 0 aromatic rings. The average Bonchev–Trinajstić information content (AvgIpc) is 2.16. The Balaban J connectivity index is 2.25. The Morgan fingerprint density at radius 3 is 2.73 bits per heavy atom. The number of hydrogen-bond donors (Lipinski definition) is 1. The average molecular weight is 214 g/mol. The van der Waals surface area contributed by atoms with Crippen molar-refractivity contribution >= 4 is 0 Å². The van der Waals surface area contributed by atoms with Gasteiger partial charge in [-0.2, -0.15) is 0 Å². The van der Waals surface area contributed by atoms with Gasteiger partial charge in [-0.05, 0) is 46.7 Å². The van der Waals surface area contributed by atoms with Gasteiger partial charge in [0, 0.05) is 25.7 Å². The van der Waals surface area contributed by atoms with Crippen molar-refractivity contribution in [2.24, 2.45) is 0 Å². The van der Waals surface area contributed by atoms with E-state index in [0.29, 0.717) is 18.2 Å². The quantitative estimate of drug-likeness (QED) is 0.750. The van der Waals surface area contributed by atoms with E-state index in [-0.39, 0.29) is 0 Å². The zero-order chi connectivity index (χ0) is 11.3. The minimum atomic E-state index is 0.475. The van der Waals surface area contributed by atoms with E-state index in [2.05, 4.69) is 31.2 Å². The number of rotatable bonds is 5. The third kappa shape index (κ3) is 4.96. The fourth-order valence-electron chi connectivity index (χ4n) is 2.51. The van der Waals surface area contributed by atoms with Gasteiger partial charge in [0.25, 0.3) is 0 Å². The van der Waals surface area contributed by atoms with Crippen LogP contribution >= 0.6 is 0 Å². The maximum atomic E-state index is 5.43. The van der Waals surface area contributed by atoms with Gasteiger partial charge in [0.1, 0.15) is 0 Å². The van der Waals surface area contributed by atoms with Gasteiger partial charge < -0.3 is 15.0 Å². The summed E-state index contributed by atoms with van der Waals surface area (Å²) in [7, 11) is 6.07. The zero-order valence-corrected chi connectivity index (χ0v) is 10.6. The standard InChI is InChI=1S/C12H26N2O/c1-10(9-14(2)3)13-11-6-5-7-12(8-11)15-4/h10-13H,5-9H2,1-4H3. The van der Waals surface area contributed by atoms with Gasteiger partial charge in [0.05, 0.1) is 6.10 Å². The number of likely N-dealkylation sites (N-methyl/N-ethyl adjacent to an activating group) is 1. The lowest BCUT2D eigenvalue weighted by Crippen LogP contribution is -2.45. The van der Waals surface area contributed by atoms with Crippen LogP contribution in [0.5, 0.6) is 0 Å². The fourth-order valence-corrected chi connectivity index (χ4v) is 2.51. The summed E-state index contributed by atoms with van der Waals surface area (Å²) < 4.78 is 5.43. The third-order valence-electron chi connectivity index (χ3n) is 3.12. The van der Waals surface area contributed by atoms with Gasteiger partial charge >= 0.3 is 0 Å². The lowest BCUT2D eigenvalue weighted by molar-refractivity contribution is 0.0567. The second kappa shape index (κ2) is 6.46. The van der Waals surface area contributed by atoms with Crippen LogP contribution < -0.4 is 5.32 Å². The summed E-state index contributed by atoms with van der Waals surface area (Å²) in [5.74, 6) is 0. The molecule has 1 saturated carbocycles. The van der Waals surface area contributed by atoms with Crippen molar-refractivity contribution in [3.05, 3.63) is 0 Å². The van der Waals surface area contributed by atoms with Gasteiger partial charge in [0.15, 0.2) is 0 Å². The monoisotopic (exact) mass is 214 g/mol. The van der Waals surface area contributed by atoms with E-state index in [1.54, 1.807) is 0 Å². The molecule has 1 N–H and O–H groups in total. The molecule has 15 heavy (non-hydrogen) atoms. The summed E-state index contributed by atoms with van der Waals surface area (Å²) in [6.07, 6.45) is 5.48. The summed E-state index contributed by atoms with van der Waals surface area (Å²) in [6.45, 7) is 3.37. The molecule has 0 aromatic carbocycles. The van der Waals surface area contributed by atoms with Crippen molar-refractivity contribution in [3.8, 4) is 0 Å². The maximum Gasteiger partial charge on any atom is 0.0586 e. The Hall–Kier alpha value is -0.120. The first kappa shape index (κ1) is 12.9. The molecular formula is C12H26N2O. The first-order valence-corrected chi connectivity index (χ1v) is 6.05. The molecular weight excluding hydrogens is 188 g/mol. The van der Waals surface area contributed by atoms with Crippen LogP contribution in [0.3, 0.4) is 0 Å². The second-order valence-electron chi connectivity index (χ2n) is 5.05. The highest BCUT2D eigenvalue weighted by molar-refractivity contribution is 4.80. The minimum absolute atomic E-state index is 0.475. The molecule has 0 bridgehead atoms. The molecule has 3 heteroatoms. The van der Waals surface area contributed by atoms with Crippen molar-refractivity contribution in [3.63, 3.8) is 0 Å². The van der Waals surface area contributed by atoms with Crippen LogP contribution in [0.4, 0.5) is 0 Å². The third-order valence-corrected chi connectivity index (χ3v) is 3.12. The molecule has 1 aliphatic rings. The highest BCUT2D eigenvalue weighted by atomic mass is 16.5. The highest BCUT2D eigenvalue weighted by Crippen LogP contribution is 2.20. The van der Waals surface area contributed by atoms with E-state index in [0.717, 1.165) is 6.54 Å². The van der Waals surface area contributed by atoms with E-state index in [9.17, 15) is 0 Å².